The van der Waals surface area contributed by atoms with Crippen molar-refractivity contribution >= 4 is 22.8 Å². The molecule has 4 heteroatoms. The van der Waals surface area contributed by atoms with Crippen molar-refractivity contribution in [2.75, 3.05) is 13.1 Å². The molecule has 1 unspecified atom stereocenters. The predicted octanol–water partition coefficient (Wildman–Crippen LogP) is 3.62. The topological polar surface area (TPSA) is 37.4 Å². The first-order chi connectivity index (χ1) is 9.13. The Kier molecular flexibility index (Phi) is 8.19. The van der Waals surface area contributed by atoms with E-state index in [1.165, 1.54) is 50.3 Å². The van der Waals surface area contributed by atoms with Crippen LogP contribution in [0.5, 0.6) is 0 Å². The van der Waals surface area contributed by atoms with Gasteiger partial charge in [-0.05, 0) is 6.42 Å². The molecule has 1 fully saturated rings. The number of amides is 1. The number of hydrogen-bond acceptors (Lipinski definition) is 3. The van der Waals surface area contributed by atoms with Gasteiger partial charge in [-0.25, -0.2) is 0 Å². The quantitative estimate of drug-likeness (QED) is 0.607. The molecule has 1 rings (SSSR count). The van der Waals surface area contributed by atoms with Gasteiger partial charge in [0.1, 0.15) is 0 Å². The molecule has 0 aromatic rings. The van der Waals surface area contributed by atoms with E-state index in [9.17, 15) is 9.59 Å². The summed E-state index contributed by atoms with van der Waals surface area (Å²) in [4.78, 5) is 24.7. The fraction of sp³-hybridized carbons (Fsp3) is 0.867. The first-order valence-corrected chi connectivity index (χ1v) is 8.46. The molecule has 1 aliphatic heterocycles. The van der Waals surface area contributed by atoms with E-state index in [0.29, 0.717) is 6.42 Å². The molecule has 1 heterocycles. The van der Waals surface area contributed by atoms with Crippen LogP contribution in [-0.2, 0) is 9.59 Å². The molecule has 0 radical (unpaired) electrons. The minimum atomic E-state index is 0.121. The van der Waals surface area contributed by atoms with Crippen molar-refractivity contribution < 1.29 is 9.59 Å². The van der Waals surface area contributed by atoms with Crippen molar-refractivity contribution in [1.29, 1.82) is 0 Å². The van der Waals surface area contributed by atoms with Crippen molar-refractivity contribution in [3.05, 3.63) is 0 Å². The summed E-state index contributed by atoms with van der Waals surface area (Å²) in [5.41, 5.74) is 0. The van der Waals surface area contributed by atoms with Crippen LogP contribution >= 0.6 is 11.8 Å². The second-order valence-corrected chi connectivity index (χ2v) is 6.87. The molecule has 0 aromatic carbocycles. The van der Waals surface area contributed by atoms with Crippen molar-refractivity contribution in [3.8, 4) is 0 Å². The fourth-order valence-corrected chi connectivity index (χ4v) is 3.48. The van der Waals surface area contributed by atoms with Gasteiger partial charge in [-0.2, -0.15) is 0 Å². The average molecular weight is 285 g/mol. The van der Waals surface area contributed by atoms with Gasteiger partial charge in [0.15, 0.2) is 5.12 Å². The second-order valence-electron chi connectivity index (χ2n) is 5.40. The lowest BCUT2D eigenvalue weighted by molar-refractivity contribution is -0.127. The van der Waals surface area contributed by atoms with E-state index >= 15 is 0 Å². The molecule has 110 valence electrons. The van der Waals surface area contributed by atoms with Gasteiger partial charge in [0.05, 0.1) is 0 Å². The van der Waals surface area contributed by atoms with Crippen LogP contribution in [0.3, 0.4) is 0 Å². The van der Waals surface area contributed by atoms with Gasteiger partial charge in [0.25, 0.3) is 0 Å². The van der Waals surface area contributed by atoms with Crippen LogP contribution in [0.25, 0.3) is 0 Å². The van der Waals surface area contributed by atoms with E-state index < -0.39 is 0 Å². The largest absolute Gasteiger partial charge is 0.342 e. The maximum absolute atomic E-state index is 11.8. The Bertz CT molecular complexity index is 294. The van der Waals surface area contributed by atoms with Crippen LogP contribution in [-0.4, -0.2) is 34.3 Å². The summed E-state index contributed by atoms with van der Waals surface area (Å²) in [7, 11) is 0. The van der Waals surface area contributed by atoms with E-state index in [1.54, 1.807) is 6.92 Å². The Balaban J connectivity index is 2.06. The van der Waals surface area contributed by atoms with Crippen molar-refractivity contribution in [2.45, 2.75) is 70.5 Å². The van der Waals surface area contributed by atoms with Crippen molar-refractivity contribution in [2.24, 2.45) is 0 Å². The molecule has 1 atom stereocenters. The third-order valence-corrected chi connectivity index (χ3v) is 4.52. The zero-order chi connectivity index (χ0) is 14.1. The summed E-state index contributed by atoms with van der Waals surface area (Å²) in [6, 6.07) is 0. The average Bonchev–Trinajstić information content (AvgIpc) is 2.67. The standard InChI is InChI=1S/C15H27NO2S/c1-3-4-5-6-7-8-9-10-16-12-14(11-15(16)18)19-13(2)17/h14H,3-12H2,1-2H3. The van der Waals surface area contributed by atoms with Crippen LogP contribution < -0.4 is 0 Å². The van der Waals surface area contributed by atoms with Gasteiger partial charge >= 0.3 is 0 Å². The Morgan fingerprint density at radius 2 is 1.84 bits per heavy atom. The highest BCUT2D eigenvalue weighted by Gasteiger charge is 2.30. The minimum Gasteiger partial charge on any atom is -0.342 e. The molecule has 0 spiro atoms. The van der Waals surface area contributed by atoms with Crippen LogP contribution in [0.1, 0.15) is 65.2 Å². The highest BCUT2D eigenvalue weighted by molar-refractivity contribution is 8.14. The molecule has 19 heavy (non-hydrogen) atoms. The van der Waals surface area contributed by atoms with E-state index in [0.717, 1.165) is 19.5 Å². The number of likely N-dealkylation sites (tertiary alicyclic amines) is 1. The molecule has 1 amide bonds. The Labute approximate surface area is 121 Å². The lowest BCUT2D eigenvalue weighted by atomic mass is 10.1. The Morgan fingerprint density at radius 1 is 1.21 bits per heavy atom. The minimum absolute atomic E-state index is 0.121. The smallest absolute Gasteiger partial charge is 0.223 e. The third kappa shape index (κ3) is 7.00. The van der Waals surface area contributed by atoms with Crippen molar-refractivity contribution in [3.63, 3.8) is 0 Å². The second kappa shape index (κ2) is 9.40. The van der Waals surface area contributed by atoms with Gasteiger partial charge in [0.2, 0.25) is 5.91 Å². The highest BCUT2D eigenvalue weighted by atomic mass is 32.2. The summed E-state index contributed by atoms with van der Waals surface area (Å²) in [6.45, 7) is 5.45. The van der Waals surface area contributed by atoms with Crippen LogP contribution in [0.4, 0.5) is 0 Å². The molecule has 0 saturated carbocycles. The molecule has 0 bridgehead atoms. The van der Waals surface area contributed by atoms with Crippen molar-refractivity contribution in [1.82, 2.24) is 4.90 Å². The SMILES string of the molecule is CCCCCCCCCN1CC(SC(C)=O)CC1=O. The number of thioether (sulfide) groups is 1. The lowest BCUT2D eigenvalue weighted by Crippen LogP contribution is -2.26. The van der Waals surface area contributed by atoms with E-state index in [4.69, 9.17) is 0 Å². The van der Waals surface area contributed by atoms with Crippen LogP contribution in [0.15, 0.2) is 0 Å². The molecule has 1 aliphatic rings. The number of nitrogens with zero attached hydrogens (tertiary/aromatic N) is 1. The highest BCUT2D eigenvalue weighted by Crippen LogP contribution is 2.24. The number of hydrogen-bond donors (Lipinski definition) is 0. The molecular weight excluding hydrogens is 258 g/mol. The summed E-state index contributed by atoms with van der Waals surface area (Å²) in [5.74, 6) is 0.227. The summed E-state index contributed by atoms with van der Waals surface area (Å²) >= 11 is 1.32. The van der Waals surface area contributed by atoms with Gasteiger partial charge < -0.3 is 4.90 Å². The fourth-order valence-electron chi connectivity index (χ4n) is 2.53. The van der Waals surface area contributed by atoms with Crippen LogP contribution in [0.2, 0.25) is 0 Å². The lowest BCUT2D eigenvalue weighted by Gasteiger charge is -2.16. The molecule has 3 nitrogen and oxygen atoms in total. The first-order valence-electron chi connectivity index (χ1n) is 7.58. The maximum Gasteiger partial charge on any atom is 0.223 e. The summed E-state index contributed by atoms with van der Waals surface area (Å²) in [6.07, 6.45) is 9.45. The number of carbonyl (C=O) groups is 2. The van der Waals surface area contributed by atoms with Gasteiger partial charge in [-0.3, -0.25) is 9.59 Å². The predicted molar refractivity (Wildman–Crippen MR) is 81.3 cm³/mol. The third-order valence-electron chi connectivity index (χ3n) is 3.54. The summed E-state index contributed by atoms with van der Waals surface area (Å²) in [5, 5.41) is 0.310. The maximum atomic E-state index is 11.8. The Morgan fingerprint density at radius 3 is 2.47 bits per heavy atom. The van der Waals surface area contributed by atoms with E-state index in [-0.39, 0.29) is 16.3 Å². The van der Waals surface area contributed by atoms with Gasteiger partial charge in [-0.15, -0.1) is 0 Å². The molecule has 0 aliphatic carbocycles. The summed E-state index contributed by atoms with van der Waals surface area (Å²) < 4.78 is 0. The van der Waals surface area contributed by atoms with Gasteiger partial charge in [-0.1, -0.05) is 57.2 Å². The molecular formula is C15H27NO2S. The molecule has 0 aromatic heterocycles. The zero-order valence-electron chi connectivity index (χ0n) is 12.3. The zero-order valence-corrected chi connectivity index (χ0v) is 13.1. The van der Waals surface area contributed by atoms with Crippen LogP contribution in [0, 0.1) is 0 Å². The monoisotopic (exact) mass is 285 g/mol. The number of rotatable bonds is 9. The van der Waals surface area contributed by atoms with E-state index in [1.807, 2.05) is 4.90 Å². The Hall–Kier alpha value is -0.510. The molecule has 1 saturated heterocycles. The normalized spacial score (nSPS) is 19.2. The first kappa shape index (κ1) is 16.5. The number of unbranched alkanes of at least 4 members (excludes halogenated alkanes) is 6. The number of carbonyl (C=O) groups excluding carboxylic acids is 2. The van der Waals surface area contributed by atoms with Gasteiger partial charge in [0, 0.05) is 31.7 Å². The van der Waals surface area contributed by atoms with E-state index in [2.05, 4.69) is 6.92 Å². The molecule has 0 N–H and O–H groups in total.